The molecule has 0 saturated carbocycles. The number of hydrogen-bond acceptors (Lipinski definition) is 4. The summed E-state index contributed by atoms with van der Waals surface area (Å²) in [5.74, 6) is 1.73. The van der Waals surface area contributed by atoms with E-state index in [0.29, 0.717) is 6.54 Å². The van der Waals surface area contributed by atoms with Crippen LogP contribution in [0.5, 0.6) is 0 Å². The number of furan rings is 1. The zero-order valence-corrected chi connectivity index (χ0v) is 9.47. The van der Waals surface area contributed by atoms with Crippen LogP contribution in [0.15, 0.2) is 35.1 Å². The summed E-state index contributed by atoms with van der Waals surface area (Å²) in [6.07, 6.45) is 3.46. The minimum Gasteiger partial charge on any atom is -0.468 e. The minimum atomic E-state index is 0.185. The Morgan fingerprint density at radius 2 is 2.31 bits per heavy atom. The molecule has 2 rings (SSSR count). The third-order valence-electron chi connectivity index (χ3n) is 2.39. The van der Waals surface area contributed by atoms with E-state index in [2.05, 4.69) is 22.2 Å². The Morgan fingerprint density at radius 1 is 1.44 bits per heavy atom. The molecular formula is C12H15N3O. The fourth-order valence-electron chi connectivity index (χ4n) is 1.50. The number of nitrogens with one attached hydrogen (secondary N) is 1. The fraction of sp³-hybridized carbons (Fsp3) is 0.333. The van der Waals surface area contributed by atoms with Crippen molar-refractivity contribution in [3.63, 3.8) is 0 Å². The summed E-state index contributed by atoms with van der Waals surface area (Å²) in [4.78, 5) is 8.38. The molecule has 0 aliphatic carbocycles. The highest BCUT2D eigenvalue weighted by atomic mass is 16.3. The Kier molecular flexibility index (Phi) is 3.31. The van der Waals surface area contributed by atoms with Crippen LogP contribution in [0.4, 0.5) is 0 Å². The van der Waals surface area contributed by atoms with Gasteiger partial charge in [-0.3, -0.25) is 0 Å². The van der Waals surface area contributed by atoms with Crippen molar-refractivity contribution in [2.45, 2.75) is 26.4 Å². The summed E-state index contributed by atoms with van der Waals surface area (Å²) in [6, 6.07) is 5.95. The molecule has 1 N–H and O–H groups in total. The summed E-state index contributed by atoms with van der Waals surface area (Å²) in [6.45, 7) is 4.66. The van der Waals surface area contributed by atoms with Crippen LogP contribution in [0.1, 0.15) is 30.2 Å². The first kappa shape index (κ1) is 10.8. The van der Waals surface area contributed by atoms with Crippen LogP contribution in [-0.4, -0.2) is 9.97 Å². The monoisotopic (exact) mass is 217 g/mol. The van der Waals surface area contributed by atoms with Gasteiger partial charge in [-0.2, -0.15) is 0 Å². The van der Waals surface area contributed by atoms with E-state index in [1.165, 1.54) is 0 Å². The maximum Gasteiger partial charge on any atom is 0.125 e. The van der Waals surface area contributed by atoms with E-state index in [1.54, 1.807) is 12.5 Å². The van der Waals surface area contributed by atoms with Crippen molar-refractivity contribution in [2.24, 2.45) is 0 Å². The Morgan fingerprint density at radius 3 is 3.00 bits per heavy atom. The molecule has 0 aliphatic rings. The summed E-state index contributed by atoms with van der Waals surface area (Å²) in [5.41, 5.74) is 0.992. The van der Waals surface area contributed by atoms with E-state index >= 15 is 0 Å². The molecule has 2 aromatic heterocycles. The smallest absolute Gasteiger partial charge is 0.125 e. The van der Waals surface area contributed by atoms with Gasteiger partial charge in [-0.15, -0.1) is 0 Å². The molecule has 0 radical (unpaired) electrons. The zero-order valence-electron chi connectivity index (χ0n) is 9.47. The summed E-state index contributed by atoms with van der Waals surface area (Å²) in [7, 11) is 0. The molecule has 4 nitrogen and oxygen atoms in total. The summed E-state index contributed by atoms with van der Waals surface area (Å²) >= 11 is 0. The molecule has 0 amide bonds. The second kappa shape index (κ2) is 4.90. The fourth-order valence-corrected chi connectivity index (χ4v) is 1.50. The van der Waals surface area contributed by atoms with Crippen LogP contribution < -0.4 is 5.32 Å². The average molecular weight is 217 g/mol. The van der Waals surface area contributed by atoms with Crippen LogP contribution in [0.25, 0.3) is 0 Å². The third-order valence-corrected chi connectivity index (χ3v) is 2.39. The zero-order chi connectivity index (χ0) is 11.4. The van der Waals surface area contributed by atoms with Crippen LogP contribution in [0.2, 0.25) is 0 Å². The Hall–Kier alpha value is -1.68. The third kappa shape index (κ3) is 2.67. The lowest BCUT2D eigenvalue weighted by Crippen LogP contribution is -2.18. The SMILES string of the molecule is Cc1nccc(CN[C@@H](C)c2ccco2)n1. The average Bonchev–Trinajstić information content (AvgIpc) is 2.79. The van der Waals surface area contributed by atoms with Crippen molar-refractivity contribution in [1.82, 2.24) is 15.3 Å². The molecule has 0 aliphatic heterocycles. The maximum absolute atomic E-state index is 5.31. The number of nitrogens with zero attached hydrogens (tertiary/aromatic N) is 2. The molecule has 16 heavy (non-hydrogen) atoms. The van der Waals surface area contributed by atoms with Crippen molar-refractivity contribution in [3.05, 3.63) is 47.9 Å². The van der Waals surface area contributed by atoms with Gasteiger partial charge >= 0.3 is 0 Å². The first-order valence-corrected chi connectivity index (χ1v) is 5.31. The second-order valence-electron chi connectivity index (χ2n) is 3.71. The second-order valence-corrected chi connectivity index (χ2v) is 3.71. The molecule has 0 spiro atoms. The van der Waals surface area contributed by atoms with Gasteiger partial charge in [0, 0.05) is 12.7 Å². The highest BCUT2D eigenvalue weighted by Crippen LogP contribution is 2.12. The van der Waals surface area contributed by atoms with Gasteiger partial charge in [-0.1, -0.05) is 0 Å². The molecule has 2 heterocycles. The van der Waals surface area contributed by atoms with Gasteiger partial charge in [0.25, 0.3) is 0 Å². The van der Waals surface area contributed by atoms with Crippen molar-refractivity contribution < 1.29 is 4.42 Å². The maximum atomic E-state index is 5.31. The van der Waals surface area contributed by atoms with Crippen molar-refractivity contribution in [3.8, 4) is 0 Å². The van der Waals surface area contributed by atoms with Gasteiger partial charge in [-0.25, -0.2) is 9.97 Å². The largest absolute Gasteiger partial charge is 0.468 e. The van der Waals surface area contributed by atoms with E-state index in [-0.39, 0.29) is 6.04 Å². The highest BCUT2D eigenvalue weighted by molar-refractivity contribution is 5.05. The Balaban J connectivity index is 1.92. The van der Waals surface area contributed by atoms with Crippen molar-refractivity contribution in [1.29, 1.82) is 0 Å². The molecule has 4 heteroatoms. The van der Waals surface area contributed by atoms with Gasteiger partial charge < -0.3 is 9.73 Å². The highest BCUT2D eigenvalue weighted by Gasteiger charge is 2.07. The summed E-state index contributed by atoms with van der Waals surface area (Å²) in [5, 5.41) is 3.34. The molecule has 0 bridgehead atoms. The van der Waals surface area contributed by atoms with Crippen molar-refractivity contribution in [2.75, 3.05) is 0 Å². The molecule has 84 valence electrons. The van der Waals surface area contributed by atoms with E-state index in [1.807, 2.05) is 25.1 Å². The normalized spacial score (nSPS) is 12.6. The van der Waals surface area contributed by atoms with Gasteiger partial charge in [0.1, 0.15) is 11.6 Å². The molecule has 0 aromatic carbocycles. The van der Waals surface area contributed by atoms with E-state index < -0.39 is 0 Å². The van der Waals surface area contributed by atoms with Gasteiger partial charge in [0.2, 0.25) is 0 Å². The molecule has 0 fully saturated rings. The van der Waals surface area contributed by atoms with Crippen LogP contribution in [-0.2, 0) is 6.54 Å². The first-order valence-electron chi connectivity index (χ1n) is 5.31. The number of rotatable bonds is 4. The van der Waals surface area contributed by atoms with Crippen LogP contribution >= 0.6 is 0 Å². The predicted molar refractivity (Wildman–Crippen MR) is 60.7 cm³/mol. The standard InChI is InChI=1S/C12H15N3O/c1-9(12-4-3-7-16-12)14-8-11-5-6-13-10(2)15-11/h3-7,9,14H,8H2,1-2H3/t9-/m0/s1. The van der Waals surface area contributed by atoms with Gasteiger partial charge in [0.05, 0.1) is 18.0 Å². The summed E-state index contributed by atoms with van der Waals surface area (Å²) < 4.78 is 5.31. The topological polar surface area (TPSA) is 51.0 Å². The lowest BCUT2D eigenvalue weighted by molar-refractivity contribution is 0.428. The molecule has 0 saturated heterocycles. The van der Waals surface area contributed by atoms with Gasteiger partial charge in [-0.05, 0) is 32.0 Å². The predicted octanol–water partition coefficient (Wildman–Crippen LogP) is 2.23. The Labute approximate surface area is 94.7 Å². The van der Waals surface area contributed by atoms with E-state index in [9.17, 15) is 0 Å². The molecule has 2 aromatic rings. The molecule has 1 atom stereocenters. The number of aromatic nitrogens is 2. The van der Waals surface area contributed by atoms with Crippen LogP contribution in [0.3, 0.4) is 0 Å². The quantitative estimate of drug-likeness (QED) is 0.853. The van der Waals surface area contributed by atoms with Gasteiger partial charge in [0.15, 0.2) is 0 Å². The lowest BCUT2D eigenvalue weighted by atomic mass is 10.2. The molecular weight excluding hydrogens is 202 g/mol. The Bertz CT molecular complexity index is 439. The van der Waals surface area contributed by atoms with Crippen molar-refractivity contribution >= 4 is 0 Å². The lowest BCUT2D eigenvalue weighted by Gasteiger charge is -2.10. The number of hydrogen-bond donors (Lipinski definition) is 1. The van der Waals surface area contributed by atoms with Crippen LogP contribution in [0, 0.1) is 6.92 Å². The first-order chi connectivity index (χ1) is 7.75. The van der Waals surface area contributed by atoms with E-state index in [0.717, 1.165) is 17.3 Å². The molecule has 0 unspecified atom stereocenters. The number of aryl methyl sites for hydroxylation is 1. The van der Waals surface area contributed by atoms with E-state index in [4.69, 9.17) is 4.42 Å². The minimum absolute atomic E-state index is 0.185.